The van der Waals surface area contributed by atoms with Crippen LogP contribution < -0.4 is 10.0 Å². The first kappa shape index (κ1) is 15.9. The molecule has 1 fully saturated rings. The van der Waals surface area contributed by atoms with Crippen LogP contribution >= 0.6 is 0 Å². The zero-order valence-electron chi connectivity index (χ0n) is 11.9. The van der Waals surface area contributed by atoms with Gasteiger partial charge in [0, 0.05) is 12.6 Å². The van der Waals surface area contributed by atoms with Gasteiger partial charge in [-0.25, -0.2) is 13.1 Å². The maximum Gasteiger partial charge on any atom is 0.211 e. The topological polar surface area (TPSA) is 58.2 Å². The second-order valence-electron chi connectivity index (χ2n) is 5.80. The molecule has 1 rings (SSSR count). The quantitative estimate of drug-likeness (QED) is 0.664. The van der Waals surface area contributed by atoms with E-state index in [2.05, 4.69) is 30.8 Å². The van der Waals surface area contributed by atoms with Crippen LogP contribution in [0.5, 0.6) is 0 Å². The first-order chi connectivity index (χ1) is 8.41. The van der Waals surface area contributed by atoms with Crippen LogP contribution in [-0.4, -0.2) is 33.3 Å². The largest absolute Gasteiger partial charge is 0.314 e. The molecule has 2 atom stereocenters. The second-order valence-corrected chi connectivity index (χ2v) is 7.72. The third-order valence-electron chi connectivity index (χ3n) is 3.75. The van der Waals surface area contributed by atoms with Crippen LogP contribution in [0.3, 0.4) is 0 Å². The van der Waals surface area contributed by atoms with Crippen molar-refractivity contribution in [1.29, 1.82) is 0 Å². The van der Waals surface area contributed by atoms with Crippen molar-refractivity contribution in [3.05, 3.63) is 0 Å². The van der Waals surface area contributed by atoms with Gasteiger partial charge in [0.2, 0.25) is 10.0 Å². The number of sulfonamides is 1. The minimum Gasteiger partial charge on any atom is -0.314 e. The monoisotopic (exact) mass is 276 g/mol. The van der Waals surface area contributed by atoms with Crippen LogP contribution in [0, 0.1) is 11.8 Å². The Morgan fingerprint density at radius 2 is 2.00 bits per heavy atom. The van der Waals surface area contributed by atoms with Crippen molar-refractivity contribution >= 4 is 10.0 Å². The summed E-state index contributed by atoms with van der Waals surface area (Å²) in [6, 6.07) is 0.417. The number of rotatable bonds is 8. The van der Waals surface area contributed by atoms with Gasteiger partial charge in [0.15, 0.2) is 0 Å². The van der Waals surface area contributed by atoms with Crippen molar-refractivity contribution in [2.45, 2.75) is 52.5 Å². The molecule has 0 aromatic heterocycles. The molecule has 0 aromatic rings. The first-order valence-corrected chi connectivity index (χ1v) is 8.76. The molecular formula is C13H28N2O2S. The van der Waals surface area contributed by atoms with E-state index in [1.165, 1.54) is 19.3 Å². The lowest BCUT2D eigenvalue weighted by molar-refractivity contribution is 0.414. The summed E-state index contributed by atoms with van der Waals surface area (Å²) < 4.78 is 26.4. The van der Waals surface area contributed by atoms with E-state index < -0.39 is 10.0 Å². The van der Waals surface area contributed by atoms with Crippen molar-refractivity contribution in [1.82, 2.24) is 10.0 Å². The SMILES string of the molecule is CC(C)NCCCS(=O)(=O)NCC1CCCC1C. The van der Waals surface area contributed by atoms with Gasteiger partial charge in [0.1, 0.15) is 0 Å². The van der Waals surface area contributed by atoms with Crippen LogP contribution in [-0.2, 0) is 10.0 Å². The van der Waals surface area contributed by atoms with Crippen molar-refractivity contribution in [2.75, 3.05) is 18.8 Å². The van der Waals surface area contributed by atoms with Crippen molar-refractivity contribution in [2.24, 2.45) is 11.8 Å². The molecule has 108 valence electrons. The smallest absolute Gasteiger partial charge is 0.211 e. The van der Waals surface area contributed by atoms with Crippen LogP contribution in [0.25, 0.3) is 0 Å². The van der Waals surface area contributed by atoms with Crippen LogP contribution in [0.2, 0.25) is 0 Å². The van der Waals surface area contributed by atoms with Gasteiger partial charge in [-0.05, 0) is 31.2 Å². The zero-order chi connectivity index (χ0) is 13.6. The fourth-order valence-electron chi connectivity index (χ4n) is 2.48. The van der Waals surface area contributed by atoms with Gasteiger partial charge in [-0.3, -0.25) is 0 Å². The van der Waals surface area contributed by atoms with E-state index in [-0.39, 0.29) is 5.75 Å². The number of hydrogen-bond donors (Lipinski definition) is 2. The summed E-state index contributed by atoms with van der Waals surface area (Å²) in [5.41, 5.74) is 0. The Bertz CT molecular complexity index is 328. The lowest BCUT2D eigenvalue weighted by Gasteiger charge is -2.16. The van der Waals surface area contributed by atoms with Gasteiger partial charge in [0.05, 0.1) is 5.75 Å². The molecule has 4 nitrogen and oxygen atoms in total. The average Bonchev–Trinajstić information content (AvgIpc) is 2.68. The molecule has 2 N–H and O–H groups in total. The Kier molecular flexibility index (Phi) is 6.60. The normalized spacial score (nSPS) is 24.9. The molecule has 1 aliphatic rings. The maximum absolute atomic E-state index is 11.8. The Morgan fingerprint density at radius 3 is 2.56 bits per heavy atom. The molecule has 18 heavy (non-hydrogen) atoms. The molecule has 2 unspecified atom stereocenters. The van der Waals surface area contributed by atoms with Gasteiger partial charge in [0.25, 0.3) is 0 Å². The predicted octanol–water partition coefficient (Wildman–Crippen LogP) is 1.73. The van der Waals surface area contributed by atoms with E-state index in [1.807, 2.05) is 0 Å². The fourth-order valence-corrected chi connectivity index (χ4v) is 3.62. The van der Waals surface area contributed by atoms with E-state index in [1.54, 1.807) is 0 Å². The molecule has 1 aliphatic carbocycles. The summed E-state index contributed by atoms with van der Waals surface area (Å²) in [4.78, 5) is 0. The Labute approximate surface area is 112 Å². The molecule has 0 saturated heterocycles. The zero-order valence-corrected chi connectivity index (χ0v) is 12.7. The molecule has 0 bridgehead atoms. The Hall–Kier alpha value is -0.130. The van der Waals surface area contributed by atoms with Crippen LogP contribution in [0.15, 0.2) is 0 Å². The van der Waals surface area contributed by atoms with Gasteiger partial charge in [-0.15, -0.1) is 0 Å². The van der Waals surface area contributed by atoms with E-state index in [0.29, 0.717) is 30.8 Å². The summed E-state index contributed by atoms with van der Waals surface area (Å²) in [6.45, 7) is 7.74. The lowest BCUT2D eigenvalue weighted by atomic mass is 9.99. The summed E-state index contributed by atoms with van der Waals surface area (Å²) in [5.74, 6) is 1.43. The lowest BCUT2D eigenvalue weighted by Crippen LogP contribution is -2.33. The third-order valence-corrected chi connectivity index (χ3v) is 5.18. The summed E-state index contributed by atoms with van der Waals surface area (Å²) in [7, 11) is -3.08. The molecule has 0 spiro atoms. The van der Waals surface area contributed by atoms with Gasteiger partial charge < -0.3 is 5.32 Å². The third kappa shape index (κ3) is 6.16. The van der Waals surface area contributed by atoms with Crippen molar-refractivity contribution < 1.29 is 8.42 Å². The van der Waals surface area contributed by atoms with E-state index in [0.717, 1.165) is 6.54 Å². The second kappa shape index (κ2) is 7.46. The summed E-state index contributed by atoms with van der Waals surface area (Å²) in [5, 5.41) is 3.23. The predicted molar refractivity (Wildman–Crippen MR) is 76.1 cm³/mol. The highest BCUT2D eigenvalue weighted by molar-refractivity contribution is 7.89. The molecule has 5 heteroatoms. The molecule has 0 heterocycles. The molecule has 0 aliphatic heterocycles. The minimum atomic E-state index is -3.08. The van der Waals surface area contributed by atoms with Crippen LogP contribution in [0.4, 0.5) is 0 Å². The highest BCUT2D eigenvalue weighted by atomic mass is 32.2. The number of hydrogen-bond acceptors (Lipinski definition) is 3. The van der Waals surface area contributed by atoms with E-state index in [9.17, 15) is 8.42 Å². The minimum absolute atomic E-state index is 0.230. The first-order valence-electron chi connectivity index (χ1n) is 7.11. The number of nitrogens with one attached hydrogen (secondary N) is 2. The maximum atomic E-state index is 11.8. The Morgan fingerprint density at radius 1 is 1.28 bits per heavy atom. The van der Waals surface area contributed by atoms with Gasteiger partial charge >= 0.3 is 0 Å². The summed E-state index contributed by atoms with van der Waals surface area (Å²) in [6.07, 6.45) is 4.32. The molecule has 1 saturated carbocycles. The molecule has 0 radical (unpaired) electrons. The molecular weight excluding hydrogens is 248 g/mol. The summed E-state index contributed by atoms with van der Waals surface area (Å²) >= 11 is 0. The van der Waals surface area contributed by atoms with Crippen molar-refractivity contribution in [3.63, 3.8) is 0 Å². The molecule has 0 amide bonds. The Balaban J connectivity index is 2.19. The highest BCUT2D eigenvalue weighted by Gasteiger charge is 2.24. The fraction of sp³-hybridized carbons (Fsp3) is 1.00. The standard InChI is InChI=1S/C13H28N2O2S/c1-11(2)14-8-5-9-18(16,17)15-10-13-7-4-6-12(13)3/h11-15H,4-10H2,1-3H3. The van der Waals surface area contributed by atoms with E-state index in [4.69, 9.17) is 0 Å². The van der Waals surface area contributed by atoms with E-state index >= 15 is 0 Å². The van der Waals surface area contributed by atoms with Gasteiger partial charge in [-0.1, -0.05) is 33.6 Å². The molecule has 0 aromatic carbocycles. The van der Waals surface area contributed by atoms with Crippen LogP contribution in [0.1, 0.15) is 46.5 Å². The highest BCUT2D eigenvalue weighted by Crippen LogP contribution is 2.30. The average molecular weight is 276 g/mol. The van der Waals surface area contributed by atoms with Crippen molar-refractivity contribution in [3.8, 4) is 0 Å². The van der Waals surface area contributed by atoms with Gasteiger partial charge in [-0.2, -0.15) is 0 Å².